The smallest absolute Gasteiger partial charge is 0.389 e. The van der Waals surface area contributed by atoms with Crippen LogP contribution in [-0.4, -0.2) is 4.98 Å². The van der Waals surface area contributed by atoms with E-state index in [1.165, 1.54) is 11.3 Å². The fourth-order valence-corrected chi connectivity index (χ4v) is 1.09. The molecule has 0 saturated carbocycles. The molecule has 3 N–H and O–H groups in total. The number of hydrogen-bond donors (Lipinski definition) is 2. The Bertz CT molecular complexity index is 203. The number of aromatic nitrogens is 1. The number of H-pyrrole nitrogens is 1. The molecule has 8 heavy (non-hydrogen) atoms. The topological polar surface area (TPSA) is 41.8 Å². The molecule has 2 nitrogen and oxygen atoms in total. The Labute approximate surface area is 71.6 Å². The number of aromatic amines is 1. The van der Waals surface area contributed by atoms with E-state index in [0.717, 1.165) is 8.96 Å². The van der Waals surface area contributed by atoms with Crippen molar-refractivity contribution in [2.24, 2.45) is 0 Å². The SMILES string of the molecule is Nc1c[nH]c(=S)s1.[Ag+]. The van der Waals surface area contributed by atoms with Gasteiger partial charge in [-0.15, -0.1) is 0 Å². The zero-order valence-corrected chi connectivity index (χ0v) is 6.89. The van der Waals surface area contributed by atoms with Gasteiger partial charge < -0.3 is 10.7 Å². The van der Waals surface area contributed by atoms with Crippen LogP contribution in [0.15, 0.2) is 6.20 Å². The molecule has 1 rings (SSSR count). The molecule has 0 saturated heterocycles. The second-order valence-corrected chi connectivity index (χ2v) is 2.83. The molecule has 1 heterocycles. The minimum atomic E-state index is 0. The van der Waals surface area contributed by atoms with Crippen LogP contribution in [0.2, 0.25) is 0 Å². The Kier molecular flexibility index (Phi) is 3.59. The van der Waals surface area contributed by atoms with Gasteiger partial charge in [-0.05, 0) is 12.2 Å². The zero-order valence-electron chi connectivity index (χ0n) is 3.77. The van der Waals surface area contributed by atoms with Gasteiger partial charge in [0, 0.05) is 6.20 Å². The van der Waals surface area contributed by atoms with Gasteiger partial charge in [-0.2, -0.15) is 0 Å². The van der Waals surface area contributed by atoms with E-state index in [-0.39, 0.29) is 22.4 Å². The number of anilines is 1. The van der Waals surface area contributed by atoms with Gasteiger partial charge >= 0.3 is 22.4 Å². The summed E-state index contributed by atoms with van der Waals surface area (Å²) in [4.78, 5) is 2.78. The van der Waals surface area contributed by atoms with Crippen molar-refractivity contribution in [2.45, 2.75) is 0 Å². The molecule has 1 aromatic rings. The van der Waals surface area contributed by atoms with Gasteiger partial charge in [0.15, 0.2) is 3.95 Å². The molecule has 0 aromatic carbocycles. The average Bonchev–Trinajstić information content (AvgIpc) is 1.87. The Morgan fingerprint density at radius 3 is 2.50 bits per heavy atom. The van der Waals surface area contributed by atoms with E-state index < -0.39 is 0 Å². The molecule has 0 aliphatic heterocycles. The standard InChI is InChI=1S/C3H4N2S2.Ag/c4-2-1-5-3(6)7-2;/h1H,4H2,(H,5,6);/q;+1. The second-order valence-electron chi connectivity index (χ2n) is 1.08. The molecule has 0 bridgehead atoms. The fraction of sp³-hybridized carbons (Fsp3) is 0. The Morgan fingerprint density at radius 1 is 1.75 bits per heavy atom. The van der Waals surface area contributed by atoms with E-state index in [1.54, 1.807) is 6.20 Å². The number of thiazole rings is 1. The van der Waals surface area contributed by atoms with Crippen molar-refractivity contribution >= 4 is 28.6 Å². The summed E-state index contributed by atoms with van der Waals surface area (Å²) in [5.41, 5.74) is 5.30. The summed E-state index contributed by atoms with van der Waals surface area (Å²) in [7, 11) is 0. The van der Waals surface area contributed by atoms with Crippen molar-refractivity contribution in [3.8, 4) is 0 Å². The minimum absolute atomic E-state index is 0. The number of nitrogen functional groups attached to an aromatic ring is 1. The first-order valence-electron chi connectivity index (χ1n) is 1.73. The van der Waals surface area contributed by atoms with Crippen LogP contribution in [0.3, 0.4) is 0 Å². The summed E-state index contributed by atoms with van der Waals surface area (Å²) in [6.07, 6.45) is 1.69. The maximum absolute atomic E-state index is 5.30. The van der Waals surface area contributed by atoms with Gasteiger partial charge in [-0.25, -0.2) is 0 Å². The summed E-state index contributed by atoms with van der Waals surface area (Å²) in [5.74, 6) is 0. The van der Waals surface area contributed by atoms with Crippen LogP contribution in [0, 0.1) is 3.95 Å². The van der Waals surface area contributed by atoms with Gasteiger partial charge in [0.1, 0.15) is 5.00 Å². The van der Waals surface area contributed by atoms with Crippen LogP contribution in [0.5, 0.6) is 0 Å². The largest absolute Gasteiger partial charge is 1.00 e. The zero-order chi connectivity index (χ0) is 5.28. The normalized spacial score (nSPS) is 8.00. The first kappa shape index (κ1) is 8.39. The molecule has 0 fully saturated rings. The summed E-state index contributed by atoms with van der Waals surface area (Å²) >= 11 is 6.10. The molecule has 0 atom stereocenters. The quantitative estimate of drug-likeness (QED) is 0.531. The predicted molar refractivity (Wildman–Crippen MR) is 33.9 cm³/mol. The van der Waals surface area contributed by atoms with Crippen LogP contribution in [0.4, 0.5) is 5.00 Å². The van der Waals surface area contributed by atoms with Gasteiger partial charge in [-0.1, -0.05) is 11.3 Å². The summed E-state index contributed by atoms with van der Waals surface area (Å²) in [6, 6.07) is 0. The molecule has 48 valence electrons. The monoisotopic (exact) mass is 239 g/mol. The molecular formula is C3H4AgN2S2+. The fourth-order valence-electron chi connectivity index (χ4n) is 0.296. The average molecular weight is 240 g/mol. The van der Waals surface area contributed by atoms with Gasteiger partial charge in [-0.3, -0.25) is 0 Å². The predicted octanol–water partition coefficient (Wildman–Crippen LogP) is 1.39. The first-order chi connectivity index (χ1) is 3.29. The number of nitrogens with two attached hydrogens (primary N) is 1. The maximum Gasteiger partial charge on any atom is 1.00 e. The van der Waals surface area contributed by atoms with Crippen molar-refractivity contribution < 1.29 is 22.4 Å². The van der Waals surface area contributed by atoms with Crippen molar-refractivity contribution in [3.63, 3.8) is 0 Å². The number of nitrogens with one attached hydrogen (secondary N) is 1. The third-order valence-electron chi connectivity index (χ3n) is 0.543. The van der Waals surface area contributed by atoms with Crippen molar-refractivity contribution in [1.82, 2.24) is 4.98 Å². The van der Waals surface area contributed by atoms with E-state index in [9.17, 15) is 0 Å². The molecular weight excluding hydrogens is 236 g/mol. The molecule has 0 unspecified atom stereocenters. The van der Waals surface area contributed by atoms with E-state index in [0.29, 0.717) is 0 Å². The van der Waals surface area contributed by atoms with Crippen molar-refractivity contribution in [1.29, 1.82) is 0 Å². The minimum Gasteiger partial charge on any atom is -0.389 e. The van der Waals surface area contributed by atoms with Crippen molar-refractivity contribution in [3.05, 3.63) is 10.2 Å². The third-order valence-corrected chi connectivity index (χ3v) is 1.57. The summed E-state index contributed by atoms with van der Waals surface area (Å²) in [5, 5.41) is 0.741. The molecule has 0 spiro atoms. The maximum atomic E-state index is 5.30. The molecule has 1 aromatic heterocycles. The van der Waals surface area contributed by atoms with Crippen LogP contribution >= 0.6 is 23.6 Å². The van der Waals surface area contributed by atoms with Crippen molar-refractivity contribution in [2.75, 3.05) is 5.73 Å². The molecule has 0 radical (unpaired) electrons. The van der Waals surface area contributed by atoms with Crippen LogP contribution in [0.25, 0.3) is 0 Å². The summed E-state index contributed by atoms with van der Waals surface area (Å²) < 4.78 is 0.734. The molecule has 0 amide bonds. The van der Waals surface area contributed by atoms with Gasteiger partial charge in [0.25, 0.3) is 0 Å². The number of hydrogen-bond acceptors (Lipinski definition) is 3. The second kappa shape index (κ2) is 3.42. The van der Waals surface area contributed by atoms with Gasteiger partial charge in [0.05, 0.1) is 0 Å². The van der Waals surface area contributed by atoms with Crippen LogP contribution in [0.1, 0.15) is 0 Å². The van der Waals surface area contributed by atoms with Crippen LogP contribution < -0.4 is 5.73 Å². The molecule has 5 heteroatoms. The molecule has 0 aliphatic rings. The molecule has 0 aliphatic carbocycles. The van der Waals surface area contributed by atoms with E-state index in [1.807, 2.05) is 0 Å². The van der Waals surface area contributed by atoms with E-state index >= 15 is 0 Å². The third kappa shape index (κ3) is 2.11. The number of rotatable bonds is 0. The Balaban J connectivity index is 0.000000490. The van der Waals surface area contributed by atoms with Crippen LogP contribution in [-0.2, 0) is 22.4 Å². The van der Waals surface area contributed by atoms with E-state index in [4.69, 9.17) is 18.0 Å². The van der Waals surface area contributed by atoms with E-state index in [2.05, 4.69) is 4.98 Å². The Morgan fingerprint density at radius 2 is 2.38 bits per heavy atom. The first-order valence-corrected chi connectivity index (χ1v) is 2.95. The Hall–Kier alpha value is 0.390. The van der Waals surface area contributed by atoms with Gasteiger partial charge in [0.2, 0.25) is 0 Å². The summed E-state index contributed by atoms with van der Waals surface area (Å²) in [6.45, 7) is 0.